The molecular formula is C36H53FO4. The van der Waals surface area contributed by atoms with Crippen molar-refractivity contribution in [2.75, 3.05) is 13.2 Å². The number of ether oxygens (including phenoxy) is 3. The fourth-order valence-corrected chi connectivity index (χ4v) is 5.99. The van der Waals surface area contributed by atoms with Crippen LogP contribution in [0.5, 0.6) is 17.2 Å². The average molecular weight is 569 g/mol. The Morgan fingerprint density at radius 3 is 1.95 bits per heavy atom. The van der Waals surface area contributed by atoms with Crippen LogP contribution in [0.2, 0.25) is 0 Å². The van der Waals surface area contributed by atoms with Crippen molar-refractivity contribution in [3.05, 3.63) is 53.8 Å². The van der Waals surface area contributed by atoms with Gasteiger partial charge in [-0.2, -0.15) is 0 Å². The zero-order valence-corrected chi connectivity index (χ0v) is 25.6. The molecule has 0 radical (unpaired) electrons. The number of carbonyl (C=O) groups excluding carboxylic acids is 1. The highest BCUT2D eigenvalue weighted by molar-refractivity contribution is 5.91. The normalized spacial score (nSPS) is 16.9. The SMILES string of the molecule is CCCCCCCOc1ccc(C(=O)Oc2ccc(OCCCC3CCCCC3CCCCCCC)cc2)cc1F. The number of benzene rings is 2. The Labute approximate surface area is 248 Å². The number of rotatable bonds is 20. The molecule has 0 aromatic heterocycles. The van der Waals surface area contributed by atoms with Crippen molar-refractivity contribution in [1.82, 2.24) is 0 Å². The van der Waals surface area contributed by atoms with Gasteiger partial charge in [0.25, 0.3) is 0 Å². The van der Waals surface area contributed by atoms with Gasteiger partial charge in [0.2, 0.25) is 0 Å². The lowest BCUT2D eigenvalue weighted by Gasteiger charge is -2.31. The zero-order chi connectivity index (χ0) is 29.1. The third-order valence-electron chi connectivity index (χ3n) is 8.44. The van der Waals surface area contributed by atoms with Crippen LogP contribution in [0.15, 0.2) is 42.5 Å². The van der Waals surface area contributed by atoms with Crippen LogP contribution in [0.1, 0.15) is 133 Å². The van der Waals surface area contributed by atoms with Crippen molar-refractivity contribution in [1.29, 1.82) is 0 Å². The van der Waals surface area contributed by atoms with Crippen LogP contribution in [-0.2, 0) is 0 Å². The van der Waals surface area contributed by atoms with Crippen molar-refractivity contribution in [3.63, 3.8) is 0 Å². The average Bonchev–Trinajstić information content (AvgIpc) is 2.99. The zero-order valence-electron chi connectivity index (χ0n) is 25.6. The molecule has 0 bridgehead atoms. The molecule has 0 saturated heterocycles. The second-order valence-electron chi connectivity index (χ2n) is 11.8. The van der Waals surface area contributed by atoms with Gasteiger partial charge < -0.3 is 14.2 Å². The van der Waals surface area contributed by atoms with Gasteiger partial charge in [0.15, 0.2) is 11.6 Å². The number of unbranched alkanes of at least 4 members (excludes halogenated alkanes) is 8. The number of halogens is 1. The van der Waals surface area contributed by atoms with Crippen LogP contribution in [0.3, 0.4) is 0 Å². The molecule has 2 unspecified atom stereocenters. The maximum Gasteiger partial charge on any atom is 0.343 e. The monoisotopic (exact) mass is 568 g/mol. The Bertz CT molecular complexity index is 990. The highest BCUT2D eigenvalue weighted by Crippen LogP contribution is 2.36. The molecule has 1 fully saturated rings. The number of esters is 1. The van der Waals surface area contributed by atoms with Gasteiger partial charge in [-0.1, -0.05) is 104 Å². The van der Waals surface area contributed by atoms with Crippen LogP contribution in [0, 0.1) is 17.7 Å². The van der Waals surface area contributed by atoms with Gasteiger partial charge in [-0.3, -0.25) is 0 Å². The minimum atomic E-state index is -0.601. The summed E-state index contributed by atoms with van der Waals surface area (Å²) in [6, 6.07) is 11.3. The first kappa shape index (κ1) is 32.9. The minimum Gasteiger partial charge on any atom is -0.494 e. The second-order valence-corrected chi connectivity index (χ2v) is 11.8. The van der Waals surface area contributed by atoms with Gasteiger partial charge in [0.1, 0.15) is 11.5 Å². The molecule has 2 aromatic rings. The van der Waals surface area contributed by atoms with E-state index < -0.39 is 11.8 Å². The number of carbonyl (C=O) groups is 1. The molecule has 2 aromatic carbocycles. The predicted molar refractivity (Wildman–Crippen MR) is 166 cm³/mol. The molecule has 0 spiro atoms. The summed E-state index contributed by atoms with van der Waals surface area (Å²) < 4.78 is 31.5. The summed E-state index contributed by atoms with van der Waals surface area (Å²) in [6.07, 6.45) is 21.7. The summed E-state index contributed by atoms with van der Waals surface area (Å²) in [5, 5.41) is 0. The van der Waals surface area contributed by atoms with E-state index in [0.29, 0.717) is 19.0 Å². The summed E-state index contributed by atoms with van der Waals surface area (Å²) in [6.45, 7) is 5.62. The molecule has 1 saturated carbocycles. The second kappa shape index (κ2) is 19.5. The van der Waals surface area contributed by atoms with E-state index in [2.05, 4.69) is 13.8 Å². The van der Waals surface area contributed by atoms with Crippen molar-refractivity contribution in [3.8, 4) is 17.2 Å². The van der Waals surface area contributed by atoms with Crippen molar-refractivity contribution in [2.45, 2.75) is 123 Å². The van der Waals surface area contributed by atoms with Crippen molar-refractivity contribution >= 4 is 5.97 Å². The van der Waals surface area contributed by atoms with E-state index in [0.717, 1.165) is 36.8 Å². The van der Waals surface area contributed by atoms with E-state index in [1.165, 1.54) is 102 Å². The lowest BCUT2D eigenvalue weighted by atomic mass is 9.74. The van der Waals surface area contributed by atoms with Gasteiger partial charge in [-0.15, -0.1) is 0 Å². The van der Waals surface area contributed by atoms with E-state index in [1.54, 1.807) is 18.2 Å². The standard InChI is InChI=1S/C36H53FO4/c1-3-5-7-9-11-16-29-17-12-13-18-30(29)19-15-27-39-32-21-23-33(24-22-32)41-36(38)31-20-25-35(34(37)28-31)40-26-14-10-8-6-4-2/h20-25,28-30H,3-19,26-27H2,1-2H3. The fourth-order valence-electron chi connectivity index (χ4n) is 5.99. The van der Waals surface area contributed by atoms with Gasteiger partial charge in [0, 0.05) is 0 Å². The van der Waals surface area contributed by atoms with E-state index in [1.807, 2.05) is 12.1 Å². The summed E-state index contributed by atoms with van der Waals surface area (Å²) in [7, 11) is 0. The summed E-state index contributed by atoms with van der Waals surface area (Å²) in [5.74, 6) is 1.93. The van der Waals surface area contributed by atoms with Crippen LogP contribution < -0.4 is 14.2 Å². The molecule has 0 heterocycles. The molecule has 5 heteroatoms. The fraction of sp³-hybridized carbons (Fsp3) is 0.639. The lowest BCUT2D eigenvalue weighted by molar-refractivity contribution is 0.0734. The summed E-state index contributed by atoms with van der Waals surface area (Å²) >= 11 is 0. The Balaban J connectivity index is 1.35. The molecule has 41 heavy (non-hydrogen) atoms. The molecule has 4 nitrogen and oxygen atoms in total. The van der Waals surface area contributed by atoms with Gasteiger partial charge >= 0.3 is 5.97 Å². The first-order valence-electron chi connectivity index (χ1n) is 16.5. The maximum absolute atomic E-state index is 14.5. The number of hydrogen-bond donors (Lipinski definition) is 0. The van der Waals surface area contributed by atoms with E-state index in [-0.39, 0.29) is 11.3 Å². The maximum atomic E-state index is 14.5. The van der Waals surface area contributed by atoms with Crippen LogP contribution >= 0.6 is 0 Å². The molecule has 1 aliphatic carbocycles. The van der Waals surface area contributed by atoms with Crippen LogP contribution in [0.4, 0.5) is 4.39 Å². The van der Waals surface area contributed by atoms with E-state index >= 15 is 0 Å². The van der Waals surface area contributed by atoms with Gasteiger partial charge in [-0.05, 0) is 73.6 Å². The molecule has 228 valence electrons. The minimum absolute atomic E-state index is 0.153. The highest BCUT2D eigenvalue weighted by atomic mass is 19.1. The lowest BCUT2D eigenvalue weighted by Crippen LogP contribution is -2.20. The van der Waals surface area contributed by atoms with E-state index in [4.69, 9.17) is 14.2 Å². The van der Waals surface area contributed by atoms with E-state index in [9.17, 15) is 9.18 Å². The van der Waals surface area contributed by atoms with Crippen molar-refractivity contribution < 1.29 is 23.4 Å². The Morgan fingerprint density at radius 2 is 1.29 bits per heavy atom. The Hall–Kier alpha value is -2.56. The number of hydrogen-bond acceptors (Lipinski definition) is 4. The summed E-state index contributed by atoms with van der Waals surface area (Å²) in [5.41, 5.74) is 0.153. The quantitative estimate of drug-likeness (QED) is 0.0905. The largest absolute Gasteiger partial charge is 0.494 e. The summed E-state index contributed by atoms with van der Waals surface area (Å²) in [4.78, 5) is 12.6. The van der Waals surface area contributed by atoms with Crippen LogP contribution in [0.25, 0.3) is 0 Å². The topological polar surface area (TPSA) is 44.8 Å². The predicted octanol–water partition coefficient (Wildman–Crippen LogP) is 10.7. The molecule has 3 rings (SSSR count). The first-order chi connectivity index (χ1) is 20.1. The molecule has 2 atom stereocenters. The third-order valence-corrected chi connectivity index (χ3v) is 8.44. The molecule has 0 N–H and O–H groups in total. The molecule has 0 aliphatic heterocycles. The smallest absolute Gasteiger partial charge is 0.343 e. The molecule has 0 amide bonds. The molecular weight excluding hydrogens is 515 g/mol. The van der Waals surface area contributed by atoms with Crippen molar-refractivity contribution in [2.24, 2.45) is 11.8 Å². The Morgan fingerprint density at radius 1 is 0.707 bits per heavy atom. The highest BCUT2D eigenvalue weighted by Gasteiger charge is 2.24. The molecule has 1 aliphatic rings. The van der Waals surface area contributed by atoms with Crippen LogP contribution in [-0.4, -0.2) is 19.2 Å². The van der Waals surface area contributed by atoms with Gasteiger partial charge in [-0.25, -0.2) is 9.18 Å². The first-order valence-corrected chi connectivity index (χ1v) is 16.5. The Kier molecular flexibility index (Phi) is 15.7. The third kappa shape index (κ3) is 12.5. The van der Waals surface area contributed by atoms with Gasteiger partial charge in [0.05, 0.1) is 18.8 Å².